The Morgan fingerprint density at radius 3 is 1.96 bits per heavy atom. The van der Waals surface area contributed by atoms with E-state index in [-0.39, 0.29) is 32.2 Å². The molecule has 6 atom stereocenters. The van der Waals surface area contributed by atoms with Crippen molar-refractivity contribution < 1.29 is 87.0 Å². The number of methoxy groups -OCH3 is 2. The fraction of sp³-hybridized carbons (Fsp3) is 0.490. The van der Waals surface area contributed by atoms with Crippen molar-refractivity contribution in [3.05, 3.63) is 106 Å². The molecule has 0 radical (unpaired) electrons. The third kappa shape index (κ3) is 14.7. The first kappa shape index (κ1) is 61.9. The minimum absolute atomic E-state index is 0.191. The highest BCUT2D eigenvalue weighted by molar-refractivity contribution is 5.87. The molecular formula is C51H58F10N10O9. The molecule has 6 rings (SSSR count). The van der Waals surface area contributed by atoms with Crippen molar-refractivity contribution in [2.24, 2.45) is 10.8 Å². The standard InChI is InChI=1S/C51H58F10N10O9/c1-48(2,50(56,57)58)41(64-46(75)78-5)43(73)63-38(21-30-10-7-29(8-11-30)9-12-31-13-14-40(62-24-31)68-17-18-71(77)19-20-80-28-33(71)25-68)39(72)27-69(67-44(74)42(65-47(76)79-6)49(3,4)51(59,60)61)26-34-35(52)22-32(23-36(34)53)37-15-16-70(66-37)45(54)55/h7-8,10-11,13-16,22-24,33,38-39,41-42,45,72H,17-21,25-28H2,1-6H3,(H,63,73)(H,64,75)(H,65,76)(H,67,74)/t33-,38+,39+,41-,42-,71?/m1/s1. The van der Waals surface area contributed by atoms with E-state index in [1.165, 1.54) is 24.3 Å². The van der Waals surface area contributed by atoms with Gasteiger partial charge in [0.05, 0.1) is 69.1 Å². The molecule has 29 heteroatoms. The number of piperazine rings is 1. The van der Waals surface area contributed by atoms with Crippen LogP contribution in [0, 0.1) is 39.5 Å². The maximum absolute atomic E-state index is 16.0. The molecule has 2 saturated heterocycles. The number of rotatable bonds is 18. The Bertz CT molecular complexity index is 2880. The van der Waals surface area contributed by atoms with Gasteiger partial charge in [-0.25, -0.2) is 33.0 Å². The summed E-state index contributed by atoms with van der Waals surface area (Å²) in [4.78, 5) is 59.3. The lowest BCUT2D eigenvalue weighted by atomic mass is 9.82. The average Bonchev–Trinajstić information content (AvgIpc) is 3.98. The highest BCUT2D eigenvalue weighted by Gasteiger charge is 2.57. The van der Waals surface area contributed by atoms with E-state index in [4.69, 9.17) is 4.74 Å². The van der Waals surface area contributed by atoms with Gasteiger partial charge in [-0.2, -0.15) is 40.2 Å². The minimum Gasteiger partial charge on any atom is -0.632 e. The Labute approximate surface area is 452 Å². The van der Waals surface area contributed by atoms with Gasteiger partial charge < -0.3 is 50.0 Å². The highest BCUT2D eigenvalue weighted by atomic mass is 19.4. The summed E-state index contributed by atoms with van der Waals surface area (Å²) in [6.07, 6.45) is -13.7. The van der Waals surface area contributed by atoms with Crippen molar-refractivity contribution >= 4 is 29.8 Å². The van der Waals surface area contributed by atoms with Gasteiger partial charge in [0.2, 0.25) is 5.91 Å². The molecule has 0 spiro atoms. The number of benzene rings is 2. The van der Waals surface area contributed by atoms with Gasteiger partial charge in [0.25, 0.3) is 5.91 Å². The molecule has 80 heavy (non-hydrogen) atoms. The number of pyridine rings is 1. The van der Waals surface area contributed by atoms with Gasteiger partial charge in [0.15, 0.2) is 0 Å². The van der Waals surface area contributed by atoms with Crippen LogP contribution in [0.2, 0.25) is 0 Å². The van der Waals surface area contributed by atoms with Crippen molar-refractivity contribution in [3.63, 3.8) is 0 Å². The average molecular weight is 1150 g/mol. The largest absolute Gasteiger partial charge is 0.632 e. The lowest BCUT2D eigenvalue weighted by Gasteiger charge is -2.55. The number of morpholine rings is 1. The summed E-state index contributed by atoms with van der Waals surface area (Å²) in [5, 5.41) is 35.1. The normalized spacial score (nSPS) is 18.4. The van der Waals surface area contributed by atoms with Gasteiger partial charge in [0.1, 0.15) is 48.7 Å². The first-order chi connectivity index (χ1) is 37.4. The van der Waals surface area contributed by atoms with E-state index in [1.807, 2.05) is 15.6 Å². The van der Waals surface area contributed by atoms with E-state index in [2.05, 4.69) is 36.7 Å². The van der Waals surface area contributed by atoms with Gasteiger partial charge >= 0.3 is 31.1 Å². The number of amides is 4. The van der Waals surface area contributed by atoms with Crippen LogP contribution in [0.5, 0.6) is 0 Å². The highest BCUT2D eigenvalue weighted by Crippen LogP contribution is 2.42. The Hall–Kier alpha value is -7.26. The predicted octanol–water partition coefficient (Wildman–Crippen LogP) is 6.10. The Balaban J connectivity index is 1.33. The van der Waals surface area contributed by atoms with Crippen LogP contribution in [-0.2, 0) is 36.8 Å². The Morgan fingerprint density at radius 2 is 1.43 bits per heavy atom. The molecule has 4 aromatic rings. The zero-order valence-corrected chi connectivity index (χ0v) is 43.9. The molecule has 19 nitrogen and oxygen atoms in total. The molecule has 0 aliphatic carbocycles. The molecule has 2 aliphatic heterocycles. The number of ether oxygens (including phenoxy) is 3. The molecule has 4 amide bonds. The maximum atomic E-state index is 16.0. The topological polar surface area (TPSA) is 225 Å². The number of anilines is 1. The molecule has 2 aromatic carbocycles. The number of hydrogen-bond donors (Lipinski definition) is 5. The third-order valence-electron chi connectivity index (χ3n) is 14.0. The second kappa shape index (κ2) is 25.0. The fourth-order valence-electron chi connectivity index (χ4n) is 8.66. The second-order valence-electron chi connectivity index (χ2n) is 20.1. The van der Waals surface area contributed by atoms with E-state index in [9.17, 15) is 64.6 Å². The number of halogens is 10. The number of hydrogen-bond acceptors (Lipinski definition) is 13. The number of alkyl halides is 8. The Kier molecular flexibility index (Phi) is 19.4. The number of fused-ring (bicyclic) bond motifs is 1. The van der Waals surface area contributed by atoms with E-state index in [1.54, 1.807) is 23.6 Å². The summed E-state index contributed by atoms with van der Waals surface area (Å²) < 4.78 is 160. The molecule has 0 saturated carbocycles. The number of aromatic nitrogens is 3. The first-order valence-corrected chi connectivity index (χ1v) is 24.5. The van der Waals surface area contributed by atoms with Crippen LogP contribution in [0.3, 0.4) is 0 Å². The summed E-state index contributed by atoms with van der Waals surface area (Å²) in [6, 6.07) is 4.65. The van der Waals surface area contributed by atoms with Gasteiger partial charge in [0, 0.05) is 47.7 Å². The van der Waals surface area contributed by atoms with Crippen LogP contribution in [0.15, 0.2) is 67.0 Å². The number of hydroxylamine groups is 3. The third-order valence-corrected chi connectivity index (χ3v) is 14.0. The number of quaternary nitrogens is 1. The van der Waals surface area contributed by atoms with Crippen molar-refractivity contribution in [2.75, 3.05) is 65.1 Å². The van der Waals surface area contributed by atoms with E-state index in [0.717, 1.165) is 26.5 Å². The number of aliphatic hydroxyl groups excluding tert-OH is 1. The molecular weight excluding hydrogens is 1090 g/mol. The summed E-state index contributed by atoms with van der Waals surface area (Å²) in [5.74, 6) is 0.438. The van der Waals surface area contributed by atoms with Gasteiger partial charge in [-0.15, -0.1) is 0 Å². The summed E-state index contributed by atoms with van der Waals surface area (Å²) >= 11 is 0. The zero-order valence-electron chi connectivity index (χ0n) is 43.9. The molecule has 436 valence electrons. The van der Waals surface area contributed by atoms with Crippen LogP contribution in [0.4, 0.5) is 59.3 Å². The lowest BCUT2D eigenvalue weighted by molar-refractivity contribution is -0.914. The molecule has 2 aromatic heterocycles. The monoisotopic (exact) mass is 1140 g/mol. The quantitative estimate of drug-likeness (QED) is 0.0250. The number of nitrogens with zero attached hydrogens (tertiary/aromatic N) is 6. The van der Waals surface area contributed by atoms with Crippen molar-refractivity contribution in [1.29, 1.82) is 0 Å². The number of nitrogens with one attached hydrogen (secondary N) is 4. The molecule has 2 aliphatic rings. The number of alkyl carbamates (subject to hydrolysis) is 2. The second-order valence-corrected chi connectivity index (χ2v) is 20.1. The number of aliphatic hydroxyl groups is 1. The molecule has 0 bridgehead atoms. The predicted molar refractivity (Wildman–Crippen MR) is 264 cm³/mol. The van der Waals surface area contributed by atoms with Crippen LogP contribution in [-0.4, -0.2) is 156 Å². The van der Waals surface area contributed by atoms with E-state index < -0.39 is 115 Å². The van der Waals surface area contributed by atoms with Crippen LogP contribution < -0.4 is 26.3 Å². The number of hydrazine groups is 1. The number of carbonyl (C=O) groups is 4. The first-order valence-electron chi connectivity index (χ1n) is 24.5. The zero-order chi connectivity index (χ0) is 59.1. The summed E-state index contributed by atoms with van der Waals surface area (Å²) in [6.45, 7) is -0.735. The number of carbonyl (C=O) groups excluding carboxylic acids is 4. The van der Waals surface area contributed by atoms with Crippen LogP contribution in [0.25, 0.3) is 11.3 Å². The molecule has 4 heterocycles. The SMILES string of the molecule is COC(=O)N[C@H](C(=O)N[C@@H](Cc1ccc(C#Cc2ccc(N3CC[N+]4([O-])CCOC[C@H]4C3)nc2)cc1)[C@@H](O)CN(Cc1c(F)cc(-c2ccn(C(F)F)n2)cc1F)NC(=O)[C@@H](NC(=O)OC)C(C)(C)C(F)(F)F)C(C)(C)C(F)(F)F. The van der Waals surface area contributed by atoms with E-state index in [0.29, 0.717) is 101 Å². The minimum atomic E-state index is -5.24. The van der Waals surface area contributed by atoms with E-state index >= 15 is 8.78 Å². The summed E-state index contributed by atoms with van der Waals surface area (Å²) in [5.41, 5.74) is -4.62. The van der Waals surface area contributed by atoms with Crippen molar-refractivity contribution in [2.45, 2.75) is 89.8 Å². The van der Waals surface area contributed by atoms with Crippen molar-refractivity contribution in [3.8, 4) is 23.1 Å². The van der Waals surface area contributed by atoms with Crippen molar-refractivity contribution in [1.82, 2.24) is 41.1 Å². The van der Waals surface area contributed by atoms with Gasteiger partial charge in [-0.3, -0.25) is 15.0 Å². The molecule has 5 N–H and O–H groups in total. The summed E-state index contributed by atoms with van der Waals surface area (Å²) in [7, 11) is 1.59. The fourth-order valence-corrected chi connectivity index (χ4v) is 8.66. The van der Waals surface area contributed by atoms with Crippen LogP contribution >= 0.6 is 0 Å². The smallest absolute Gasteiger partial charge is 0.407 e. The van der Waals surface area contributed by atoms with Gasteiger partial charge in [-0.05, 0) is 82.1 Å². The Morgan fingerprint density at radius 1 is 0.850 bits per heavy atom. The lowest BCUT2D eigenvalue weighted by Crippen LogP contribution is -2.67. The maximum Gasteiger partial charge on any atom is 0.407 e. The molecule has 2 fully saturated rings. The van der Waals surface area contributed by atoms with Gasteiger partial charge in [-0.1, -0.05) is 24.0 Å². The van der Waals surface area contributed by atoms with Crippen LogP contribution in [0.1, 0.15) is 56.5 Å². The molecule has 1 unspecified atom stereocenters.